The van der Waals surface area contributed by atoms with Crippen LogP contribution in [-0.4, -0.2) is 47.2 Å². The van der Waals surface area contributed by atoms with Gasteiger partial charge in [-0.3, -0.25) is 4.79 Å². The van der Waals surface area contributed by atoms with Gasteiger partial charge in [-0.2, -0.15) is 0 Å². The second-order valence-electron chi connectivity index (χ2n) is 3.23. The predicted octanol–water partition coefficient (Wildman–Crippen LogP) is -1.58. The lowest BCUT2D eigenvalue weighted by molar-refractivity contribution is -0.137. The summed E-state index contributed by atoms with van der Waals surface area (Å²) >= 11 is 0. The maximum Gasteiger partial charge on any atom is 0.309 e. The Labute approximate surface area is 68.9 Å². The number of hydrogen-bond donors (Lipinski definition) is 2. The number of carbonyl (C=O) groups excluding carboxylic acids is 1. The second kappa shape index (κ2) is 2.42. The minimum absolute atomic E-state index is 0.0330. The molecule has 0 bridgehead atoms. The van der Waals surface area contributed by atoms with Crippen LogP contribution in [0.4, 0.5) is 0 Å². The first-order valence-corrected chi connectivity index (χ1v) is 3.80. The molecule has 2 heterocycles. The quantitative estimate of drug-likeness (QED) is 0.434. The molecule has 0 saturated carbocycles. The van der Waals surface area contributed by atoms with Crippen LogP contribution in [0.2, 0.25) is 0 Å². The van der Waals surface area contributed by atoms with E-state index in [0.29, 0.717) is 0 Å². The summed E-state index contributed by atoms with van der Waals surface area (Å²) in [4.78, 5) is 10.8. The van der Waals surface area contributed by atoms with Gasteiger partial charge in [-0.05, 0) is 0 Å². The van der Waals surface area contributed by atoms with E-state index in [2.05, 4.69) is 4.74 Å². The summed E-state index contributed by atoms with van der Waals surface area (Å²) in [5.74, 6) is -0.386. The predicted molar refractivity (Wildman–Crippen MR) is 36.3 cm³/mol. The smallest absolute Gasteiger partial charge is 0.309 e. The first-order chi connectivity index (χ1) is 5.64. The summed E-state index contributed by atoms with van der Waals surface area (Å²) in [6.07, 6.45) is -1.88. The van der Waals surface area contributed by atoms with Crippen molar-refractivity contribution in [3.8, 4) is 0 Å². The first kappa shape index (κ1) is 7.97. The van der Waals surface area contributed by atoms with Gasteiger partial charge >= 0.3 is 5.97 Å². The average Bonchev–Trinajstić information content (AvgIpc) is 2.53. The number of esters is 1. The molecule has 2 aliphatic heterocycles. The number of hydrogen-bond acceptors (Lipinski definition) is 5. The van der Waals surface area contributed by atoms with Gasteiger partial charge in [0.15, 0.2) is 0 Å². The normalized spacial score (nSPS) is 47.0. The minimum Gasteiger partial charge on any atom is -0.462 e. The van der Waals surface area contributed by atoms with Gasteiger partial charge < -0.3 is 19.7 Å². The third-order valence-corrected chi connectivity index (χ3v) is 2.37. The van der Waals surface area contributed by atoms with E-state index >= 15 is 0 Å². The fourth-order valence-corrected chi connectivity index (χ4v) is 1.61. The molecule has 2 fully saturated rings. The van der Waals surface area contributed by atoms with Crippen LogP contribution in [0.3, 0.4) is 0 Å². The molecular formula is C7H10O5. The summed E-state index contributed by atoms with van der Waals surface area (Å²) in [5.41, 5.74) is -0.976. The van der Waals surface area contributed by atoms with Gasteiger partial charge in [0, 0.05) is 0 Å². The Morgan fingerprint density at radius 3 is 2.67 bits per heavy atom. The molecule has 68 valence electrons. The summed E-state index contributed by atoms with van der Waals surface area (Å²) in [6, 6.07) is 0. The first-order valence-electron chi connectivity index (χ1n) is 3.80. The minimum atomic E-state index is -1.01. The molecule has 0 radical (unpaired) electrons. The van der Waals surface area contributed by atoms with Gasteiger partial charge in [0.2, 0.25) is 0 Å². The van der Waals surface area contributed by atoms with Gasteiger partial charge in [0.1, 0.15) is 24.4 Å². The zero-order chi connectivity index (χ0) is 8.77. The molecule has 0 aromatic heterocycles. The Morgan fingerprint density at radius 2 is 2.25 bits per heavy atom. The highest BCUT2D eigenvalue weighted by Crippen LogP contribution is 2.34. The largest absolute Gasteiger partial charge is 0.462 e. The maximum atomic E-state index is 10.8. The van der Waals surface area contributed by atoms with Gasteiger partial charge in [0.25, 0.3) is 0 Å². The van der Waals surface area contributed by atoms with Gasteiger partial charge in [-0.25, -0.2) is 0 Å². The zero-order valence-electron chi connectivity index (χ0n) is 6.40. The molecule has 0 amide bonds. The number of rotatable bonds is 0. The van der Waals surface area contributed by atoms with Crippen molar-refractivity contribution >= 4 is 5.97 Å². The number of carbonyl (C=O) groups is 1. The molecule has 3 atom stereocenters. The lowest BCUT2D eigenvalue weighted by Gasteiger charge is -2.22. The van der Waals surface area contributed by atoms with Crippen molar-refractivity contribution in [1.82, 2.24) is 0 Å². The third kappa shape index (κ3) is 0.939. The molecular weight excluding hydrogens is 164 g/mol. The van der Waals surface area contributed by atoms with E-state index in [1.807, 2.05) is 0 Å². The highest BCUT2D eigenvalue weighted by atomic mass is 16.6. The molecule has 2 saturated heterocycles. The molecule has 2 aliphatic rings. The second-order valence-corrected chi connectivity index (χ2v) is 3.23. The molecule has 2 N–H and O–H groups in total. The van der Waals surface area contributed by atoms with Gasteiger partial charge in [-0.1, -0.05) is 0 Å². The highest BCUT2D eigenvalue weighted by molar-refractivity contribution is 5.73. The van der Waals surface area contributed by atoms with E-state index in [0.717, 1.165) is 0 Å². The Hall–Kier alpha value is -0.650. The molecule has 0 unspecified atom stereocenters. The average molecular weight is 174 g/mol. The maximum absolute atomic E-state index is 10.8. The topological polar surface area (TPSA) is 76.0 Å². The van der Waals surface area contributed by atoms with Crippen LogP contribution in [0, 0.1) is 0 Å². The fraction of sp³-hybridized carbons (Fsp3) is 0.857. The fourth-order valence-electron chi connectivity index (χ4n) is 1.61. The van der Waals surface area contributed by atoms with Crippen LogP contribution >= 0.6 is 0 Å². The van der Waals surface area contributed by atoms with E-state index in [1.54, 1.807) is 0 Å². The van der Waals surface area contributed by atoms with Gasteiger partial charge in [-0.15, -0.1) is 0 Å². The van der Waals surface area contributed by atoms with Crippen molar-refractivity contribution < 1.29 is 24.5 Å². The summed E-state index contributed by atoms with van der Waals surface area (Å²) in [5, 5.41) is 18.6. The molecule has 5 nitrogen and oxygen atoms in total. The van der Waals surface area contributed by atoms with E-state index < -0.39 is 17.8 Å². The summed E-state index contributed by atoms with van der Waals surface area (Å²) in [6.45, 7) is 0.113. The molecule has 5 heteroatoms. The van der Waals surface area contributed by atoms with Crippen molar-refractivity contribution in [2.24, 2.45) is 0 Å². The van der Waals surface area contributed by atoms with Crippen LogP contribution in [0.5, 0.6) is 0 Å². The van der Waals surface area contributed by atoms with Crippen molar-refractivity contribution in [3.63, 3.8) is 0 Å². The van der Waals surface area contributed by atoms with Crippen LogP contribution in [-0.2, 0) is 14.3 Å². The zero-order valence-corrected chi connectivity index (χ0v) is 6.40. The van der Waals surface area contributed by atoms with Gasteiger partial charge in [0.05, 0.1) is 13.0 Å². The monoisotopic (exact) mass is 174 g/mol. The Bertz CT molecular complexity index is 216. The van der Waals surface area contributed by atoms with Crippen LogP contribution in [0.1, 0.15) is 6.42 Å². The van der Waals surface area contributed by atoms with E-state index in [-0.39, 0.29) is 25.6 Å². The SMILES string of the molecule is O=C1C[C@]2(CO1)OC[C@@H](O)[C@@H]2O. The number of aliphatic hydroxyl groups excluding tert-OH is 2. The van der Waals surface area contributed by atoms with E-state index in [9.17, 15) is 9.90 Å². The summed E-state index contributed by atoms with van der Waals surface area (Å²) in [7, 11) is 0. The van der Waals surface area contributed by atoms with Crippen molar-refractivity contribution in [2.45, 2.75) is 24.2 Å². The molecule has 2 rings (SSSR count). The third-order valence-electron chi connectivity index (χ3n) is 2.37. The lowest BCUT2D eigenvalue weighted by Crippen LogP contribution is -2.43. The van der Waals surface area contributed by atoms with Crippen LogP contribution in [0.25, 0.3) is 0 Å². The molecule has 12 heavy (non-hydrogen) atoms. The van der Waals surface area contributed by atoms with Crippen LogP contribution < -0.4 is 0 Å². The number of aliphatic hydroxyl groups is 2. The standard InChI is InChI=1S/C7H10O5/c8-4-2-12-7(6(4)10)1-5(9)11-3-7/h4,6,8,10H,1-3H2/t4-,6+,7-/m1/s1. The van der Waals surface area contributed by atoms with E-state index in [1.165, 1.54) is 0 Å². The van der Waals surface area contributed by atoms with Crippen molar-refractivity contribution in [1.29, 1.82) is 0 Å². The lowest BCUT2D eigenvalue weighted by atomic mass is 9.95. The molecule has 1 spiro atoms. The van der Waals surface area contributed by atoms with E-state index in [4.69, 9.17) is 9.84 Å². The number of ether oxygens (including phenoxy) is 2. The Balaban J connectivity index is 2.17. The van der Waals surface area contributed by atoms with Crippen molar-refractivity contribution in [3.05, 3.63) is 0 Å². The Morgan fingerprint density at radius 1 is 1.50 bits per heavy atom. The Kier molecular flexibility index (Phi) is 1.61. The highest BCUT2D eigenvalue weighted by Gasteiger charge is 2.54. The van der Waals surface area contributed by atoms with Crippen molar-refractivity contribution in [2.75, 3.05) is 13.2 Å². The molecule has 0 aromatic rings. The number of cyclic esters (lactones) is 1. The van der Waals surface area contributed by atoms with Crippen LogP contribution in [0.15, 0.2) is 0 Å². The molecule has 0 aliphatic carbocycles. The molecule has 0 aromatic carbocycles. The summed E-state index contributed by atoms with van der Waals surface area (Å²) < 4.78 is 9.82.